The molecule has 76 valence electrons. The lowest BCUT2D eigenvalue weighted by Crippen LogP contribution is -2.44. The van der Waals surface area contributed by atoms with E-state index in [2.05, 4.69) is 10.2 Å². The number of nitrogens with one attached hydrogen (secondary N) is 1. The second kappa shape index (κ2) is 4.09. The van der Waals surface area contributed by atoms with Crippen LogP contribution in [0.25, 0.3) is 0 Å². The molecule has 1 saturated heterocycles. The lowest BCUT2D eigenvalue weighted by atomic mass is 9.96. The minimum atomic E-state index is -0.255. The topological polar surface area (TPSA) is 32.3 Å². The van der Waals surface area contributed by atoms with Gasteiger partial charge in [0.1, 0.15) is 0 Å². The maximum absolute atomic E-state index is 11.4. The Morgan fingerprint density at radius 1 is 1.38 bits per heavy atom. The second-order valence-corrected chi connectivity index (χ2v) is 4.70. The summed E-state index contributed by atoms with van der Waals surface area (Å²) in [6.45, 7) is 10.00. The molecule has 13 heavy (non-hydrogen) atoms. The Balaban J connectivity index is 2.08. The van der Waals surface area contributed by atoms with Crippen LogP contribution in [0.15, 0.2) is 0 Å². The van der Waals surface area contributed by atoms with Crippen LogP contribution in [0.2, 0.25) is 0 Å². The SMILES string of the molecule is CC(C)(C)C(=O)NCCN1CCC1. The van der Waals surface area contributed by atoms with Crippen molar-refractivity contribution in [2.24, 2.45) is 5.41 Å². The van der Waals surface area contributed by atoms with Crippen LogP contribution >= 0.6 is 0 Å². The van der Waals surface area contributed by atoms with E-state index in [0.717, 1.165) is 13.1 Å². The summed E-state index contributed by atoms with van der Waals surface area (Å²) in [4.78, 5) is 13.8. The minimum absolute atomic E-state index is 0.146. The largest absolute Gasteiger partial charge is 0.354 e. The molecule has 0 spiro atoms. The highest BCUT2D eigenvalue weighted by Gasteiger charge is 2.21. The van der Waals surface area contributed by atoms with Gasteiger partial charge in [-0.3, -0.25) is 4.79 Å². The van der Waals surface area contributed by atoms with Crippen molar-refractivity contribution >= 4 is 5.91 Å². The average molecular weight is 184 g/mol. The first-order chi connectivity index (χ1) is 6.00. The van der Waals surface area contributed by atoms with E-state index in [-0.39, 0.29) is 11.3 Å². The molecular weight excluding hydrogens is 164 g/mol. The zero-order valence-corrected chi connectivity index (χ0v) is 8.89. The number of carbonyl (C=O) groups is 1. The Hall–Kier alpha value is -0.570. The van der Waals surface area contributed by atoms with Gasteiger partial charge in [-0.05, 0) is 19.5 Å². The highest BCUT2D eigenvalue weighted by molar-refractivity contribution is 5.81. The third kappa shape index (κ3) is 3.35. The Bertz CT molecular complexity index is 180. The van der Waals surface area contributed by atoms with Crippen molar-refractivity contribution < 1.29 is 4.79 Å². The summed E-state index contributed by atoms with van der Waals surface area (Å²) in [6, 6.07) is 0. The van der Waals surface area contributed by atoms with Crippen LogP contribution in [0.3, 0.4) is 0 Å². The third-order valence-corrected chi connectivity index (χ3v) is 2.34. The maximum atomic E-state index is 11.4. The molecule has 1 aliphatic heterocycles. The van der Waals surface area contributed by atoms with Gasteiger partial charge in [0.05, 0.1) is 0 Å². The summed E-state index contributed by atoms with van der Waals surface area (Å²) < 4.78 is 0. The summed E-state index contributed by atoms with van der Waals surface area (Å²) in [5, 5.41) is 2.94. The minimum Gasteiger partial charge on any atom is -0.354 e. The number of hydrogen-bond donors (Lipinski definition) is 1. The van der Waals surface area contributed by atoms with E-state index in [1.807, 2.05) is 20.8 Å². The van der Waals surface area contributed by atoms with Crippen molar-refractivity contribution in [2.45, 2.75) is 27.2 Å². The van der Waals surface area contributed by atoms with Gasteiger partial charge in [-0.1, -0.05) is 20.8 Å². The highest BCUT2D eigenvalue weighted by Crippen LogP contribution is 2.12. The molecule has 1 amide bonds. The predicted molar refractivity (Wildman–Crippen MR) is 53.5 cm³/mol. The predicted octanol–water partition coefficient (Wildman–Crippen LogP) is 0.854. The van der Waals surface area contributed by atoms with Crippen molar-refractivity contribution in [2.75, 3.05) is 26.2 Å². The van der Waals surface area contributed by atoms with Gasteiger partial charge in [0.2, 0.25) is 5.91 Å². The fraction of sp³-hybridized carbons (Fsp3) is 0.900. The molecule has 1 fully saturated rings. The van der Waals surface area contributed by atoms with Crippen molar-refractivity contribution in [3.8, 4) is 0 Å². The molecule has 1 N–H and O–H groups in total. The molecule has 0 aromatic rings. The summed E-state index contributed by atoms with van der Waals surface area (Å²) in [6.07, 6.45) is 1.31. The van der Waals surface area contributed by atoms with Gasteiger partial charge in [-0.25, -0.2) is 0 Å². The quantitative estimate of drug-likeness (QED) is 0.705. The average Bonchev–Trinajstić information content (AvgIpc) is 1.91. The molecule has 0 bridgehead atoms. The van der Waals surface area contributed by atoms with Crippen LogP contribution in [0.4, 0.5) is 0 Å². The molecule has 0 aliphatic carbocycles. The zero-order chi connectivity index (χ0) is 9.90. The molecule has 0 unspecified atom stereocenters. The zero-order valence-electron chi connectivity index (χ0n) is 8.89. The van der Waals surface area contributed by atoms with E-state index in [0.29, 0.717) is 0 Å². The van der Waals surface area contributed by atoms with E-state index >= 15 is 0 Å². The Morgan fingerprint density at radius 2 is 2.00 bits per heavy atom. The van der Waals surface area contributed by atoms with Crippen molar-refractivity contribution in [1.29, 1.82) is 0 Å². The summed E-state index contributed by atoms with van der Waals surface area (Å²) in [5.41, 5.74) is -0.255. The number of nitrogens with zero attached hydrogens (tertiary/aromatic N) is 1. The van der Waals surface area contributed by atoms with Crippen LogP contribution in [0.1, 0.15) is 27.2 Å². The lowest BCUT2D eigenvalue weighted by Gasteiger charge is -2.31. The third-order valence-electron chi connectivity index (χ3n) is 2.34. The molecule has 0 aromatic heterocycles. The van der Waals surface area contributed by atoms with Crippen molar-refractivity contribution in [3.05, 3.63) is 0 Å². The number of hydrogen-bond acceptors (Lipinski definition) is 2. The van der Waals surface area contributed by atoms with Gasteiger partial charge in [0.15, 0.2) is 0 Å². The first kappa shape index (κ1) is 10.5. The fourth-order valence-electron chi connectivity index (χ4n) is 1.20. The van der Waals surface area contributed by atoms with Gasteiger partial charge < -0.3 is 10.2 Å². The first-order valence-corrected chi connectivity index (χ1v) is 5.01. The van der Waals surface area contributed by atoms with Crippen LogP contribution in [0.5, 0.6) is 0 Å². The molecule has 0 aromatic carbocycles. The fourth-order valence-corrected chi connectivity index (χ4v) is 1.20. The molecular formula is C10H20N2O. The summed E-state index contributed by atoms with van der Waals surface area (Å²) in [7, 11) is 0. The molecule has 1 aliphatic rings. The first-order valence-electron chi connectivity index (χ1n) is 5.01. The van der Waals surface area contributed by atoms with Gasteiger partial charge in [0.25, 0.3) is 0 Å². The number of carbonyl (C=O) groups excluding carboxylic acids is 1. The Morgan fingerprint density at radius 3 is 2.38 bits per heavy atom. The molecule has 0 saturated carbocycles. The maximum Gasteiger partial charge on any atom is 0.225 e. The summed E-state index contributed by atoms with van der Waals surface area (Å²) in [5.74, 6) is 0.146. The molecule has 0 atom stereocenters. The van der Waals surface area contributed by atoms with E-state index in [9.17, 15) is 4.79 Å². The molecule has 3 heteroatoms. The van der Waals surface area contributed by atoms with E-state index in [1.54, 1.807) is 0 Å². The molecule has 0 radical (unpaired) electrons. The Kier molecular flexibility index (Phi) is 3.31. The molecule has 3 nitrogen and oxygen atoms in total. The molecule has 1 heterocycles. The van der Waals surface area contributed by atoms with E-state index < -0.39 is 0 Å². The van der Waals surface area contributed by atoms with Crippen LogP contribution in [-0.2, 0) is 4.79 Å². The normalized spacial score (nSPS) is 18.1. The standard InChI is InChI=1S/C10H20N2O/c1-10(2,3)9(13)11-5-8-12-6-4-7-12/h4-8H2,1-3H3,(H,11,13). The van der Waals surface area contributed by atoms with Gasteiger partial charge in [-0.2, -0.15) is 0 Å². The number of amides is 1. The van der Waals surface area contributed by atoms with Gasteiger partial charge in [0, 0.05) is 18.5 Å². The summed E-state index contributed by atoms with van der Waals surface area (Å²) >= 11 is 0. The van der Waals surface area contributed by atoms with E-state index in [4.69, 9.17) is 0 Å². The van der Waals surface area contributed by atoms with Crippen molar-refractivity contribution in [1.82, 2.24) is 10.2 Å². The highest BCUT2D eigenvalue weighted by atomic mass is 16.2. The number of rotatable bonds is 3. The smallest absolute Gasteiger partial charge is 0.225 e. The van der Waals surface area contributed by atoms with Crippen molar-refractivity contribution in [3.63, 3.8) is 0 Å². The Labute approximate surface area is 80.5 Å². The van der Waals surface area contributed by atoms with Crippen LogP contribution in [-0.4, -0.2) is 37.0 Å². The van der Waals surface area contributed by atoms with Crippen LogP contribution < -0.4 is 5.32 Å². The molecule has 1 rings (SSSR count). The number of likely N-dealkylation sites (tertiary alicyclic amines) is 1. The van der Waals surface area contributed by atoms with Crippen LogP contribution in [0, 0.1) is 5.41 Å². The lowest BCUT2D eigenvalue weighted by molar-refractivity contribution is -0.128. The van der Waals surface area contributed by atoms with E-state index in [1.165, 1.54) is 19.5 Å². The van der Waals surface area contributed by atoms with Gasteiger partial charge in [-0.15, -0.1) is 0 Å². The monoisotopic (exact) mass is 184 g/mol. The van der Waals surface area contributed by atoms with Gasteiger partial charge >= 0.3 is 0 Å². The second-order valence-electron chi connectivity index (χ2n) is 4.70.